The van der Waals surface area contributed by atoms with Crippen LogP contribution in [-0.4, -0.2) is 31.4 Å². The molecule has 2 aromatic rings. The first-order chi connectivity index (χ1) is 12.3. The lowest BCUT2D eigenvalue weighted by Crippen LogP contribution is -2.37. The molecule has 0 bridgehead atoms. The van der Waals surface area contributed by atoms with Gasteiger partial charge in [0.1, 0.15) is 6.54 Å². The minimum atomic E-state index is -0.484. The summed E-state index contributed by atoms with van der Waals surface area (Å²) in [5.41, 5.74) is 3.37. The van der Waals surface area contributed by atoms with Gasteiger partial charge in [-0.05, 0) is 43.2 Å². The van der Waals surface area contributed by atoms with Crippen molar-refractivity contribution in [3.05, 3.63) is 59.2 Å². The molecule has 0 saturated carbocycles. The van der Waals surface area contributed by atoms with Gasteiger partial charge in [0.25, 0.3) is 0 Å². The molecule has 2 rings (SSSR count). The zero-order chi connectivity index (χ0) is 19.3. The molecule has 0 spiro atoms. The fourth-order valence-corrected chi connectivity index (χ4v) is 2.77. The highest BCUT2D eigenvalue weighted by Gasteiger charge is 2.19. The molecular formula is C20H22N2O4. The number of anilines is 2. The van der Waals surface area contributed by atoms with Crippen LogP contribution in [0.4, 0.5) is 11.4 Å². The van der Waals surface area contributed by atoms with E-state index >= 15 is 0 Å². The number of carbonyl (C=O) groups is 3. The van der Waals surface area contributed by atoms with Gasteiger partial charge in [0.2, 0.25) is 11.8 Å². The number of para-hydroxylation sites is 1. The molecule has 136 valence electrons. The van der Waals surface area contributed by atoms with Gasteiger partial charge in [0, 0.05) is 12.6 Å². The zero-order valence-electron chi connectivity index (χ0n) is 15.3. The van der Waals surface area contributed by atoms with Gasteiger partial charge in [-0.2, -0.15) is 0 Å². The van der Waals surface area contributed by atoms with Crippen molar-refractivity contribution in [2.24, 2.45) is 0 Å². The standard InChI is InChI=1S/C20H22N2O4/c1-13-7-5-8-14(2)19(13)22(15(3)23)12-18(24)21-17-10-6-9-16(11-17)20(25)26-4/h5-11H,12H2,1-4H3,(H,21,24). The molecule has 0 aliphatic carbocycles. The Labute approximate surface area is 152 Å². The fraction of sp³-hybridized carbons (Fsp3) is 0.250. The van der Waals surface area contributed by atoms with E-state index in [2.05, 4.69) is 10.1 Å². The molecule has 0 aliphatic rings. The van der Waals surface area contributed by atoms with E-state index in [1.54, 1.807) is 18.2 Å². The maximum atomic E-state index is 12.5. The largest absolute Gasteiger partial charge is 0.465 e. The van der Waals surface area contributed by atoms with E-state index < -0.39 is 5.97 Å². The Kier molecular flexibility index (Phi) is 6.11. The Morgan fingerprint density at radius 1 is 1.04 bits per heavy atom. The Morgan fingerprint density at radius 2 is 1.65 bits per heavy atom. The Bertz CT molecular complexity index is 825. The number of amides is 2. The molecule has 1 N–H and O–H groups in total. The lowest BCUT2D eigenvalue weighted by Gasteiger charge is -2.24. The predicted molar refractivity (Wildman–Crippen MR) is 100 cm³/mol. The van der Waals surface area contributed by atoms with Crippen LogP contribution in [0.25, 0.3) is 0 Å². The smallest absolute Gasteiger partial charge is 0.337 e. The molecule has 6 nitrogen and oxygen atoms in total. The van der Waals surface area contributed by atoms with Gasteiger partial charge in [-0.15, -0.1) is 0 Å². The van der Waals surface area contributed by atoms with Crippen LogP contribution in [0, 0.1) is 13.8 Å². The maximum Gasteiger partial charge on any atom is 0.337 e. The monoisotopic (exact) mass is 354 g/mol. The second kappa shape index (κ2) is 8.29. The number of esters is 1. The van der Waals surface area contributed by atoms with Gasteiger partial charge in [-0.1, -0.05) is 24.3 Å². The number of methoxy groups -OCH3 is 1. The van der Waals surface area contributed by atoms with Gasteiger partial charge in [0.05, 0.1) is 18.4 Å². The Hall–Kier alpha value is -3.15. The zero-order valence-corrected chi connectivity index (χ0v) is 15.3. The number of carbonyl (C=O) groups excluding carboxylic acids is 3. The van der Waals surface area contributed by atoms with Crippen molar-refractivity contribution in [1.29, 1.82) is 0 Å². The number of nitrogens with zero attached hydrogens (tertiary/aromatic N) is 1. The number of nitrogens with one attached hydrogen (secondary N) is 1. The number of benzene rings is 2. The molecule has 2 aromatic carbocycles. The van der Waals surface area contributed by atoms with Crippen LogP contribution < -0.4 is 10.2 Å². The molecule has 0 saturated heterocycles. The predicted octanol–water partition coefficient (Wildman–Crippen LogP) is 3.08. The summed E-state index contributed by atoms with van der Waals surface area (Å²) in [6.07, 6.45) is 0. The van der Waals surface area contributed by atoms with E-state index in [1.165, 1.54) is 25.0 Å². The molecule has 0 aliphatic heterocycles. The molecule has 0 heterocycles. The lowest BCUT2D eigenvalue weighted by atomic mass is 10.1. The van der Waals surface area contributed by atoms with Crippen LogP contribution >= 0.6 is 0 Å². The minimum absolute atomic E-state index is 0.122. The van der Waals surface area contributed by atoms with E-state index in [1.807, 2.05) is 32.0 Å². The average Bonchev–Trinajstić information content (AvgIpc) is 2.60. The maximum absolute atomic E-state index is 12.5. The minimum Gasteiger partial charge on any atom is -0.465 e. The van der Waals surface area contributed by atoms with Crippen molar-refractivity contribution in [2.45, 2.75) is 20.8 Å². The number of hydrogen-bond acceptors (Lipinski definition) is 4. The Morgan fingerprint density at radius 3 is 2.23 bits per heavy atom. The highest BCUT2D eigenvalue weighted by atomic mass is 16.5. The van der Waals surface area contributed by atoms with E-state index in [9.17, 15) is 14.4 Å². The molecule has 26 heavy (non-hydrogen) atoms. The SMILES string of the molecule is COC(=O)c1cccc(NC(=O)CN(C(C)=O)c2c(C)cccc2C)c1. The first kappa shape index (κ1) is 19.2. The molecular weight excluding hydrogens is 332 g/mol. The first-order valence-electron chi connectivity index (χ1n) is 8.16. The average molecular weight is 354 g/mol. The van der Waals surface area contributed by atoms with Crippen molar-refractivity contribution < 1.29 is 19.1 Å². The number of aryl methyl sites for hydroxylation is 2. The van der Waals surface area contributed by atoms with Crippen molar-refractivity contribution in [1.82, 2.24) is 0 Å². The third kappa shape index (κ3) is 4.47. The van der Waals surface area contributed by atoms with Crippen LogP contribution in [0.3, 0.4) is 0 Å². The second-order valence-corrected chi connectivity index (χ2v) is 5.97. The fourth-order valence-electron chi connectivity index (χ4n) is 2.77. The summed E-state index contributed by atoms with van der Waals surface area (Å²) in [5, 5.41) is 2.71. The molecule has 6 heteroatoms. The van der Waals surface area contributed by atoms with E-state index in [-0.39, 0.29) is 18.4 Å². The van der Waals surface area contributed by atoms with Gasteiger partial charge in [-0.3, -0.25) is 9.59 Å². The highest BCUT2D eigenvalue weighted by Crippen LogP contribution is 2.24. The summed E-state index contributed by atoms with van der Waals surface area (Å²) >= 11 is 0. The molecule has 0 radical (unpaired) electrons. The number of hydrogen-bond donors (Lipinski definition) is 1. The van der Waals surface area contributed by atoms with Crippen molar-refractivity contribution >= 4 is 29.2 Å². The highest BCUT2D eigenvalue weighted by molar-refractivity contribution is 6.03. The van der Waals surface area contributed by atoms with Crippen LogP contribution in [0.15, 0.2) is 42.5 Å². The lowest BCUT2D eigenvalue weighted by molar-refractivity contribution is -0.120. The quantitative estimate of drug-likeness (QED) is 0.837. The van der Waals surface area contributed by atoms with Gasteiger partial charge >= 0.3 is 5.97 Å². The summed E-state index contributed by atoms with van der Waals surface area (Å²) in [6, 6.07) is 12.1. The normalized spacial score (nSPS) is 10.2. The molecule has 0 aromatic heterocycles. The van der Waals surface area contributed by atoms with Gasteiger partial charge < -0.3 is 15.0 Å². The van der Waals surface area contributed by atoms with Crippen molar-refractivity contribution in [3.8, 4) is 0 Å². The number of rotatable bonds is 5. The van der Waals surface area contributed by atoms with Crippen LogP contribution in [0.2, 0.25) is 0 Å². The summed E-state index contributed by atoms with van der Waals surface area (Å²) in [5.74, 6) is -1.06. The van der Waals surface area contributed by atoms with E-state index in [4.69, 9.17) is 0 Å². The van der Waals surface area contributed by atoms with Crippen molar-refractivity contribution in [2.75, 3.05) is 23.9 Å². The third-order valence-corrected chi connectivity index (χ3v) is 3.96. The summed E-state index contributed by atoms with van der Waals surface area (Å²) in [4.78, 5) is 37.6. The molecule has 0 unspecified atom stereocenters. The van der Waals surface area contributed by atoms with Gasteiger partial charge in [0.15, 0.2) is 0 Å². The van der Waals surface area contributed by atoms with Crippen LogP contribution in [-0.2, 0) is 14.3 Å². The van der Waals surface area contributed by atoms with Crippen LogP contribution in [0.5, 0.6) is 0 Å². The summed E-state index contributed by atoms with van der Waals surface area (Å²) in [7, 11) is 1.29. The third-order valence-electron chi connectivity index (χ3n) is 3.96. The van der Waals surface area contributed by atoms with Gasteiger partial charge in [-0.25, -0.2) is 4.79 Å². The second-order valence-electron chi connectivity index (χ2n) is 5.97. The molecule has 2 amide bonds. The summed E-state index contributed by atoms with van der Waals surface area (Å²) in [6.45, 7) is 5.10. The van der Waals surface area contributed by atoms with E-state index in [0.717, 1.165) is 16.8 Å². The first-order valence-corrected chi connectivity index (χ1v) is 8.16. The molecule has 0 atom stereocenters. The van der Waals surface area contributed by atoms with Crippen LogP contribution in [0.1, 0.15) is 28.4 Å². The van der Waals surface area contributed by atoms with Crippen molar-refractivity contribution in [3.63, 3.8) is 0 Å². The molecule has 0 fully saturated rings. The number of ether oxygens (including phenoxy) is 1. The summed E-state index contributed by atoms with van der Waals surface area (Å²) < 4.78 is 4.67. The topological polar surface area (TPSA) is 75.7 Å². The van der Waals surface area contributed by atoms with E-state index in [0.29, 0.717) is 11.3 Å². The Balaban J connectivity index is 2.19.